The van der Waals surface area contributed by atoms with E-state index in [4.69, 9.17) is 54.8 Å². The zero-order valence-corrected chi connectivity index (χ0v) is 22.7. The third-order valence-corrected chi connectivity index (χ3v) is 11.3. The van der Waals surface area contributed by atoms with Crippen molar-refractivity contribution in [3.8, 4) is 21.3 Å². The van der Waals surface area contributed by atoms with Crippen LogP contribution in [0.2, 0.25) is 20.1 Å². The molecule has 0 aliphatic carbocycles. The van der Waals surface area contributed by atoms with Gasteiger partial charge in [0, 0.05) is 21.9 Å². The van der Waals surface area contributed by atoms with Crippen molar-refractivity contribution in [2.75, 3.05) is 0 Å². The van der Waals surface area contributed by atoms with Crippen LogP contribution in [0.5, 0.6) is 11.5 Å². The molecule has 4 rings (SSSR count). The summed E-state index contributed by atoms with van der Waals surface area (Å²) in [5, 5.41) is 0.820. The van der Waals surface area contributed by atoms with E-state index in [1.807, 2.05) is 0 Å². The maximum atomic E-state index is 12.6. The fourth-order valence-electron chi connectivity index (χ4n) is 2.57. The molecule has 0 N–H and O–H groups in total. The van der Waals surface area contributed by atoms with Crippen LogP contribution in [0, 0.1) is 0 Å². The van der Waals surface area contributed by atoms with E-state index in [2.05, 4.69) is 0 Å². The summed E-state index contributed by atoms with van der Waals surface area (Å²) in [6.45, 7) is 0. The largest absolute Gasteiger partial charge is 0.378 e. The standard InChI is InChI=1S/C20H10Cl4O6S4/c21-13-3-1-11(9-15(13)23)29-33(25,26)19-7-5-17(31-19)18-6-8-20(32-18)34(27,28)30-12-2-4-14(22)16(24)10-12/h1-10H. The third-order valence-electron chi connectivity index (χ3n) is 4.09. The molecular formula is C20H10Cl4O6S4. The molecular weight excluding hydrogens is 606 g/mol. The van der Waals surface area contributed by atoms with Gasteiger partial charge in [-0.3, -0.25) is 0 Å². The highest BCUT2D eigenvalue weighted by Gasteiger charge is 2.23. The van der Waals surface area contributed by atoms with Gasteiger partial charge in [0.25, 0.3) is 0 Å². The van der Waals surface area contributed by atoms with Crippen molar-refractivity contribution < 1.29 is 25.2 Å². The Morgan fingerprint density at radius 1 is 0.529 bits per heavy atom. The van der Waals surface area contributed by atoms with E-state index >= 15 is 0 Å². The lowest BCUT2D eigenvalue weighted by Crippen LogP contribution is -2.07. The van der Waals surface area contributed by atoms with Crippen molar-refractivity contribution in [3.63, 3.8) is 0 Å². The molecule has 0 aliphatic rings. The van der Waals surface area contributed by atoms with E-state index in [9.17, 15) is 16.8 Å². The van der Waals surface area contributed by atoms with Crippen molar-refractivity contribution >= 4 is 89.3 Å². The fraction of sp³-hybridized carbons (Fsp3) is 0. The Morgan fingerprint density at radius 3 is 1.26 bits per heavy atom. The Kier molecular flexibility index (Phi) is 7.42. The van der Waals surface area contributed by atoms with Crippen molar-refractivity contribution in [2.45, 2.75) is 8.42 Å². The van der Waals surface area contributed by atoms with Crippen LogP contribution in [0.1, 0.15) is 0 Å². The summed E-state index contributed by atoms with van der Waals surface area (Å²) in [6, 6.07) is 14.0. The van der Waals surface area contributed by atoms with Gasteiger partial charge in [0.2, 0.25) is 0 Å². The molecule has 14 heteroatoms. The summed E-state index contributed by atoms with van der Waals surface area (Å²) in [5.41, 5.74) is 0. The number of hydrogen-bond donors (Lipinski definition) is 0. The van der Waals surface area contributed by atoms with E-state index in [0.29, 0.717) is 9.75 Å². The third kappa shape index (κ3) is 5.66. The highest BCUT2D eigenvalue weighted by Crippen LogP contribution is 2.38. The maximum Gasteiger partial charge on any atom is 0.348 e. The van der Waals surface area contributed by atoms with Gasteiger partial charge in [-0.2, -0.15) is 16.8 Å². The van der Waals surface area contributed by atoms with Gasteiger partial charge in [0.15, 0.2) is 8.42 Å². The average Bonchev–Trinajstić information content (AvgIpc) is 3.43. The number of rotatable bonds is 7. The van der Waals surface area contributed by atoms with Crippen LogP contribution in [0.3, 0.4) is 0 Å². The summed E-state index contributed by atoms with van der Waals surface area (Å²) in [7, 11) is -8.29. The molecule has 0 saturated heterocycles. The molecule has 2 heterocycles. The molecule has 2 aromatic carbocycles. The second-order valence-corrected chi connectivity index (χ2v) is 13.8. The monoisotopic (exact) mass is 614 g/mol. The van der Waals surface area contributed by atoms with Crippen LogP contribution < -0.4 is 8.37 Å². The normalized spacial score (nSPS) is 12.0. The Balaban J connectivity index is 1.54. The second-order valence-electron chi connectivity index (χ2n) is 6.46. The highest BCUT2D eigenvalue weighted by molar-refractivity contribution is 7.89. The maximum absolute atomic E-state index is 12.6. The molecule has 34 heavy (non-hydrogen) atoms. The molecule has 0 saturated carbocycles. The first kappa shape index (κ1) is 25.6. The first-order valence-electron chi connectivity index (χ1n) is 8.94. The topological polar surface area (TPSA) is 86.7 Å². The first-order chi connectivity index (χ1) is 15.9. The molecule has 0 atom stereocenters. The number of thiophene rings is 2. The quantitative estimate of drug-likeness (QED) is 0.199. The van der Waals surface area contributed by atoms with E-state index in [-0.39, 0.29) is 40.0 Å². The lowest BCUT2D eigenvalue weighted by molar-refractivity contribution is 0.486. The van der Waals surface area contributed by atoms with Gasteiger partial charge in [0.1, 0.15) is 11.5 Å². The van der Waals surface area contributed by atoms with Crippen molar-refractivity contribution in [1.29, 1.82) is 0 Å². The van der Waals surface area contributed by atoms with Crippen LogP contribution in [0.25, 0.3) is 9.75 Å². The molecule has 178 valence electrons. The number of benzene rings is 2. The van der Waals surface area contributed by atoms with Crippen molar-refractivity contribution in [2.24, 2.45) is 0 Å². The predicted octanol–water partition coefficient (Wildman–Crippen LogP) is 7.63. The smallest absolute Gasteiger partial charge is 0.348 e. The van der Waals surface area contributed by atoms with Crippen LogP contribution in [0.4, 0.5) is 0 Å². The molecule has 0 radical (unpaired) electrons. The Bertz CT molecular complexity index is 1470. The molecule has 0 bridgehead atoms. The summed E-state index contributed by atoms with van der Waals surface area (Å²) >= 11 is 25.3. The Labute approximate surface area is 223 Å². The summed E-state index contributed by atoms with van der Waals surface area (Å²) < 4.78 is 60.7. The van der Waals surface area contributed by atoms with E-state index in [1.165, 1.54) is 48.5 Å². The fourth-order valence-corrected chi connectivity index (χ4v) is 7.62. The van der Waals surface area contributed by atoms with E-state index in [0.717, 1.165) is 22.7 Å². The summed E-state index contributed by atoms with van der Waals surface area (Å²) in [5.74, 6) is 0.0154. The van der Waals surface area contributed by atoms with Gasteiger partial charge < -0.3 is 8.37 Å². The lowest BCUT2D eigenvalue weighted by atomic mass is 10.3. The molecule has 0 spiro atoms. The zero-order chi connectivity index (χ0) is 24.7. The predicted molar refractivity (Wildman–Crippen MR) is 136 cm³/mol. The summed E-state index contributed by atoms with van der Waals surface area (Å²) in [4.78, 5) is 1.05. The molecule has 0 aliphatic heterocycles. The number of halogens is 4. The second kappa shape index (κ2) is 9.87. The van der Waals surface area contributed by atoms with Crippen molar-refractivity contribution in [3.05, 3.63) is 80.8 Å². The molecule has 6 nitrogen and oxygen atoms in total. The first-order valence-corrected chi connectivity index (χ1v) is 14.9. The molecule has 0 unspecified atom stereocenters. The van der Waals surface area contributed by atoms with Gasteiger partial charge >= 0.3 is 20.2 Å². The number of hydrogen-bond acceptors (Lipinski definition) is 8. The molecule has 0 fully saturated rings. The Morgan fingerprint density at radius 2 is 0.912 bits per heavy atom. The summed E-state index contributed by atoms with van der Waals surface area (Å²) in [6.07, 6.45) is 0. The van der Waals surface area contributed by atoms with E-state index < -0.39 is 20.2 Å². The highest BCUT2D eigenvalue weighted by atomic mass is 35.5. The molecule has 0 amide bonds. The minimum absolute atomic E-state index is 0.00769. The molecule has 2 aromatic heterocycles. The van der Waals surface area contributed by atoms with Crippen LogP contribution in [-0.2, 0) is 20.2 Å². The molecule has 4 aromatic rings. The minimum Gasteiger partial charge on any atom is -0.378 e. The average molecular weight is 616 g/mol. The van der Waals surface area contributed by atoms with Gasteiger partial charge in [0.05, 0.1) is 20.1 Å². The van der Waals surface area contributed by atoms with Crippen LogP contribution >= 0.6 is 69.1 Å². The Hall–Kier alpha value is -1.50. The SMILES string of the molecule is O=S(=O)(Oc1ccc(Cl)c(Cl)c1)c1ccc(-c2ccc(S(=O)(=O)Oc3ccc(Cl)c(Cl)c3)s2)s1. The van der Waals surface area contributed by atoms with Crippen molar-refractivity contribution in [1.82, 2.24) is 0 Å². The minimum atomic E-state index is -4.14. The van der Waals surface area contributed by atoms with Crippen LogP contribution in [-0.4, -0.2) is 16.8 Å². The van der Waals surface area contributed by atoms with Gasteiger partial charge in [-0.1, -0.05) is 46.4 Å². The zero-order valence-electron chi connectivity index (χ0n) is 16.4. The van der Waals surface area contributed by atoms with E-state index in [1.54, 1.807) is 12.1 Å². The van der Waals surface area contributed by atoms with Crippen LogP contribution in [0.15, 0.2) is 69.1 Å². The van der Waals surface area contributed by atoms with Gasteiger partial charge in [-0.15, -0.1) is 22.7 Å². The lowest BCUT2D eigenvalue weighted by Gasteiger charge is -2.06. The van der Waals surface area contributed by atoms with Gasteiger partial charge in [-0.25, -0.2) is 0 Å². The van der Waals surface area contributed by atoms with Gasteiger partial charge in [-0.05, 0) is 48.5 Å².